The Kier molecular flexibility index (Phi) is 3.91. The Labute approximate surface area is 115 Å². The summed E-state index contributed by atoms with van der Waals surface area (Å²) in [4.78, 5) is 0. The predicted octanol–water partition coefficient (Wildman–Crippen LogP) is 3.39. The van der Waals surface area contributed by atoms with Crippen LogP contribution in [0.5, 0.6) is 5.75 Å². The van der Waals surface area contributed by atoms with Gasteiger partial charge in [-0.3, -0.25) is 4.68 Å². The third-order valence-electron chi connectivity index (χ3n) is 2.47. The molecule has 0 spiro atoms. The second-order valence-electron chi connectivity index (χ2n) is 4.39. The van der Waals surface area contributed by atoms with Crippen LogP contribution in [-0.2, 0) is 6.61 Å². The number of rotatable bonds is 4. The van der Waals surface area contributed by atoms with Gasteiger partial charge in [0.1, 0.15) is 12.4 Å². The van der Waals surface area contributed by atoms with E-state index in [1.54, 1.807) is 6.07 Å². The zero-order valence-electron chi connectivity index (χ0n) is 10.4. The van der Waals surface area contributed by atoms with Crippen molar-refractivity contribution in [1.29, 1.82) is 0 Å². The first kappa shape index (κ1) is 13.0. The first-order chi connectivity index (χ1) is 8.54. The number of halogens is 1. The fourth-order valence-corrected chi connectivity index (χ4v) is 2.06. The third kappa shape index (κ3) is 3.26. The number of aromatic nitrogens is 2. The summed E-state index contributed by atoms with van der Waals surface area (Å²) in [5, 5.41) is 4.42. The lowest BCUT2D eigenvalue weighted by Gasteiger charge is -2.07. The van der Waals surface area contributed by atoms with E-state index in [1.165, 1.54) is 0 Å². The number of nitrogens with zero attached hydrogens (tertiary/aromatic N) is 2. The average molecular weight is 310 g/mol. The van der Waals surface area contributed by atoms with Crippen molar-refractivity contribution >= 4 is 21.6 Å². The number of hydrogen-bond donors (Lipinski definition) is 1. The molecule has 1 heterocycles. The van der Waals surface area contributed by atoms with Crippen molar-refractivity contribution in [2.24, 2.45) is 0 Å². The Morgan fingerprint density at radius 1 is 1.39 bits per heavy atom. The van der Waals surface area contributed by atoms with Crippen LogP contribution in [0.2, 0.25) is 0 Å². The van der Waals surface area contributed by atoms with E-state index in [4.69, 9.17) is 10.5 Å². The molecule has 4 nitrogen and oxygen atoms in total. The van der Waals surface area contributed by atoms with Crippen LogP contribution in [0.15, 0.2) is 34.9 Å². The molecule has 1 aromatic carbocycles. The predicted molar refractivity (Wildman–Crippen MR) is 75.5 cm³/mol. The summed E-state index contributed by atoms with van der Waals surface area (Å²) in [7, 11) is 0. The summed E-state index contributed by atoms with van der Waals surface area (Å²) in [6.07, 6.45) is 1.96. The third-order valence-corrected chi connectivity index (χ3v) is 2.93. The highest BCUT2D eigenvalue weighted by Gasteiger charge is 2.04. The molecule has 0 aliphatic heterocycles. The lowest BCUT2D eigenvalue weighted by atomic mass is 10.3. The summed E-state index contributed by atoms with van der Waals surface area (Å²) in [5.74, 6) is 0.737. The summed E-state index contributed by atoms with van der Waals surface area (Å²) >= 11 is 3.38. The van der Waals surface area contributed by atoms with Gasteiger partial charge in [-0.1, -0.05) is 15.9 Å². The molecule has 0 aliphatic carbocycles. The first-order valence-electron chi connectivity index (χ1n) is 5.77. The van der Waals surface area contributed by atoms with Crippen molar-refractivity contribution in [3.05, 3.63) is 40.6 Å². The van der Waals surface area contributed by atoms with Crippen molar-refractivity contribution in [2.75, 3.05) is 5.73 Å². The van der Waals surface area contributed by atoms with Gasteiger partial charge in [0.15, 0.2) is 0 Å². The van der Waals surface area contributed by atoms with E-state index in [-0.39, 0.29) is 0 Å². The van der Waals surface area contributed by atoms with Crippen LogP contribution in [0, 0.1) is 0 Å². The molecule has 0 saturated carbocycles. The Morgan fingerprint density at radius 2 is 2.17 bits per heavy atom. The maximum absolute atomic E-state index is 5.74. The normalized spacial score (nSPS) is 10.9. The van der Waals surface area contributed by atoms with Gasteiger partial charge in [-0.15, -0.1) is 0 Å². The van der Waals surface area contributed by atoms with Crippen molar-refractivity contribution in [1.82, 2.24) is 9.78 Å². The molecule has 0 radical (unpaired) electrons. The fraction of sp³-hybridized carbons (Fsp3) is 0.308. The van der Waals surface area contributed by atoms with E-state index in [2.05, 4.69) is 34.9 Å². The van der Waals surface area contributed by atoms with Gasteiger partial charge in [-0.25, -0.2) is 0 Å². The maximum Gasteiger partial charge on any atom is 0.132 e. The number of hydrogen-bond acceptors (Lipinski definition) is 3. The topological polar surface area (TPSA) is 53.1 Å². The van der Waals surface area contributed by atoms with Crippen molar-refractivity contribution in [3.63, 3.8) is 0 Å². The van der Waals surface area contributed by atoms with Crippen molar-refractivity contribution in [2.45, 2.75) is 26.5 Å². The number of benzene rings is 1. The van der Waals surface area contributed by atoms with E-state index in [1.807, 2.05) is 29.1 Å². The van der Waals surface area contributed by atoms with Gasteiger partial charge in [-0.2, -0.15) is 5.10 Å². The summed E-state index contributed by atoms with van der Waals surface area (Å²) in [6, 6.07) is 7.84. The quantitative estimate of drug-likeness (QED) is 0.881. The fourth-order valence-electron chi connectivity index (χ4n) is 1.57. The molecule has 0 fully saturated rings. The molecule has 1 aromatic heterocycles. The van der Waals surface area contributed by atoms with Crippen LogP contribution < -0.4 is 10.5 Å². The second kappa shape index (κ2) is 5.44. The molecular formula is C13H16BrN3O. The van der Waals surface area contributed by atoms with Gasteiger partial charge in [-0.05, 0) is 32.0 Å². The molecule has 18 heavy (non-hydrogen) atoms. The average Bonchev–Trinajstić information content (AvgIpc) is 2.73. The number of anilines is 1. The Balaban J connectivity index is 2.02. The summed E-state index contributed by atoms with van der Waals surface area (Å²) < 4.78 is 8.48. The van der Waals surface area contributed by atoms with E-state index in [9.17, 15) is 0 Å². The molecule has 2 rings (SSSR count). The van der Waals surface area contributed by atoms with Crippen LogP contribution in [0.3, 0.4) is 0 Å². The van der Waals surface area contributed by atoms with E-state index >= 15 is 0 Å². The Bertz CT molecular complexity index is 517. The highest BCUT2D eigenvalue weighted by molar-refractivity contribution is 9.10. The lowest BCUT2D eigenvalue weighted by molar-refractivity contribution is 0.298. The van der Waals surface area contributed by atoms with Gasteiger partial charge < -0.3 is 10.5 Å². The largest absolute Gasteiger partial charge is 0.487 e. The Morgan fingerprint density at radius 3 is 2.78 bits per heavy atom. The zero-order valence-corrected chi connectivity index (χ0v) is 12.0. The SMILES string of the molecule is CC(C)n1ccc(COc2cc(N)cc(Br)c2)n1. The Hall–Kier alpha value is -1.49. The van der Waals surface area contributed by atoms with Crippen LogP contribution >= 0.6 is 15.9 Å². The number of ether oxygens (including phenoxy) is 1. The zero-order chi connectivity index (χ0) is 13.1. The minimum absolute atomic E-state index is 0.361. The molecule has 5 heteroatoms. The van der Waals surface area contributed by atoms with Crippen LogP contribution in [0.1, 0.15) is 25.6 Å². The highest BCUT2D eigenvalue weighted by atomic mass is 79.9. The van der Waals surface area contributed by atoms with Gasteiger partial charge in [0.25, 0.3) is 0 Å². The molecule has 2 aromatic rings. The van der Waals surface area contributed by atoms with Crippen LogP contribution in [0.25, 0.3) is 0 Å². The van der Waals surface area contributed by atoms with Gasteiger partial charge in [0.2, 0.25) is 0 Å². The van der Waals surface area contributed by atoms with Crippen molar-refractivity contribution in [3.8, 4) is 5.75 Å². The van der Waals surface area contributed by atoms with E-state index in [0.29, 0.717) is 18.3 Å². The van der Waals surface area contributed by atoms with Gasteiger partial charge in [0, 0.05) is 28.5 Å². The summed E-state index contributed by atoms with van der Waals surface area (Å²) in [5.41, 5.74) is 7.32. The minimum atomic E-state index is 0.361. The van der Waals surface area contributed by atoms with Crippen LogP contribution in [0.4, 0.5) is 5.69 Å². The summed E-state index contributed by atoms with van der Waals surface area (Å²) in [6.45, 7) is 4.62. The lowest BCUT2D eigenvalue weighted by Crippen LogP contribution is -2.03. The second-order valence-corrected chi connectivity index (χ2v) is 5.31. The molecule has 0 atom stereocenters. The van der Waals surface area contributed by atoms with Gasteiger partial charge in [0.05, 0.1) is 5.69 Å². The monoisotopic (exact) mass is 309 g/mol. The maximum atomic E-state index is 5.74. The number of nitrogen functional groups attached to an aromatic ring is 1. The van der Waals surface area contributed by atoms with Crippen LogP contribution in [-0.4, -0.2) is 9.78 Å². The molecule has 0 saturated heterocycles. The first-order valence-corrected chi connectivity index (χ1v) is 6.57. The standard InChI is InChI=1S/C13H16BrN3O/c1-9(2)17-4-3-12(16-17)8-18-13-6-10(14)5-11(15)7-13/h3-7,9H,8,15H2,1-2H3. The highest BCUT2D eigenvalue weighted by Crippen LogP contribution is 2.23. The molecule has 2 N–H and O–H groups in total. The van der Waals surface area contributed by atoms with E-state index in [0.717, 1.165) is 15.9 Å². The molecule has 0 bridgehead atoms. The van der Waals surface area contributed by atoms with Gasteiger partial charge >= 0.3 is 0 Å². The molecule has 0 aliphatic rings. The smallest absolute Gasteiger partial charge is 0.132 e. The van der Waals surface area contributed by atoms with Crippen molar-refractivity contribution < 1.29 is 4.74 Å². The minimum Gasteiger partial charge on any atom is -0.487 e. The molecule has 96 valence electrons. The molecule has 0 unspecified atom stereocenters. The molecule has 0 amide bonds. The molecular weight excluding hydrogens is 294 g/mol. The number of nitrogens with two attached hydrogens (primary N) is 1. The van der Waals surface area contributed by atoms with E-state index < -0.39 is 0 Å².